The van der Waals surface area contributed by atoms with Crippen LogP contribution in [-0.4, -0.2) is 27.2 Å². The van der Waals surface area contributed by atoms with E-state index >= 15 is 0 Å². The molecule has 0 saturated carbocycles. The molecule has 1 atom stereocenters. The Bertz CT molecular complexity index is 133. The Hall–Kier alpha value is -0.353. The third-order valence-electron chi connectivity index (χ3n) is 1.94. The maximum atomic E-state index is 10.4. The lowest BCUT2D eigenvalue weighted by Gasteiger charge is -2.27. The van der Waals surface area contributed by atoms with E-state index in [2.05, 4.69) is 0 Å². The van der Waals surface area contributed by atoms with E-state index in [4.69, 9.17) is 9.53 Å². The number of carboxylic acids is 1. The topological polar surface area (TPSA) is 46.5 Å². The summed E-state index contributed by atoms with van der Waals surface area (Å²) in [6, 6.07) is 0. The zero-order valence-electron chi connectivity index (χ0n) is 6.84. The second-order valence-corrected chi connectivity index (χ2v) is 3.28. The highest BCUT2D eigenvalue weighted by atomic mass is 28.2. The summed E-state index contributed by atoms with van der Waals surface area (Å²) in [5.41, 5.74) is -0.516. The smallest absolute Gasteiger partial charge is 0.309 e. The number of hydrogen-bond donors (Lipinski definition) is 1. The molecule has 0 aromatic carbocycles. The first-order chi connectivity index (χ1) is 4.41. The van der Waals surface area contributed by atoms with Gasteiger partial charge in [-0.25, -0.2) is 0 Å². The zero-order valence-corrected chi connectivity index (χ0v) is 8.84. The monoisotopic (exact) mass is 162 g/mol. The molecule has 0 aliphatic carbocycles. The van der Waals surface area contributed by atoms with Crippen LogP contribution in [0, 0.1) is 5.92 Å². The molecule has 4 heteroatoms. The first kappa shape index (κ1) is 9.65. The van der Waals surface area contributed by atoms with Crippen LogP contribution in [0.15, 0.2) is 0 Å². The fraction of sp³-hybridized carbons (Fsp3) is 0.833. The van der Waals surface area contributed by atoms with Crippen LogP contribution >= 0.6 is 0 Å². The van der Waals surface area contributed by atoms with Crippen molar-refractivity contribution in [2.45, 2.75) is 26.4 Å². The molecular weight excluding hydrogens is 148 g/mol. The molecule has 0 aromatic heterocycles. The average Bonchev–Trinajstić information content (AvgIpc) is 1.86. The van der Waals surface area contributed by atoms with E-state index in [9.17, 15) is 4.79 Å². The van der Waals surface area contributed by atoms with E-state index in [0.717, 1.165) is 0 Å². The Kier molecular flexibility index (Phi) is 3.05. The van der Waals surface area contributed by atoms with Crippen molar-refractivity contribution in [3.05, 3.63) is 0 Å². The highest BCUT2D eigenvalue weighted by molar-refractivity contribution is 5.98. The van der Waals surface area contributed by atoms with Gasteiger partial charge < -0.3 is 9.53 Å². The predicted molar refractivity (Wildman–Crippen MR) is 41.9 cm³/mol. The van der Waals surface area contributed by atoms with Gasteiger partial charge in [-0.2, -0.15) is 0 Å². The summed E-state index contributed by atoms with van der Waals surface area (Å²) in [7, 11) is 0.578. The summed E-state index contributed by atoms with van der Waals surface area (Å²) in [4.78, 5) is 10.4. The second kappa shape index (κ2) is 3.16. The van der Waals surface area contributed by atoms with Gasteiger partial charge in [0.2, 0.25) is 0 Å². The molecule has 0 aliphatic heterocycles. The van der Waals surface area contributed by atoms with E-state index in [-0.39, 0.29) is 0 Å². The van der Waals surface area contributed by atoms with Crippen molar-refractivity contribution in [3.63, 3.8) is 0 Å². The molecule has 60 valence electrons. The fourth-order valence-electron chi connectivity index (χ4n) is 0.474. The predicted octanol–water partition coefficient (Wildman–Crippen LogP) is -0.217. The van der Waals surface area contributed by atoms with Crippen LogP contribution < -0.4 is 0 Å². The van der Waals surface area contributed by atoms with Crippen molar-refractivity contribution in [2.75, 3.05) is 0 Å². The lowest BCUT2D eigenvalue weighted by atomic mass is 9.93. The lowest BCUT2D eigenvalue weighted by molar-refractivity contribution is -0.147. The van der Waals surface area contributed by atoms with Crippen molar-refractivity contribution in [3.8, 4) is 0 Å². The van der Waals surface area contributed by atoms with Gasteiger partial charge in [-0.1, -0.05) is 0 Å². The summed E-state index contributed by atoms with van der Waals surface area (Å²) in [6.07, 6.45) is 0. The number of carbonyl (C=O) groups is 1. The number of carboxylic acid groups (broad SMARTS) is 1. The van der Waals surface area contributed by atoms with Gasteiger partial charge >= 0.3 is 5.97 Å². The third-order valence-corrected chi connectivity index (χ3v) is 2.99. The van der Waals surface area contributed by atoms with Crippen molar-refractivity contribution in [2.24, 2.45) is 5.92 Å². The van der Waals surface area contributed by atoms with Gasteiger partial charge in [-0.05, 0) is 20.8 Å². The lowest BCUT2D eigenvalue weighted by Crippen LogP contribution is -2.36. The number of rotatable bonds is 3. The summed E-state index contributed by atoms with van der Waals surface area (Å²) in [5, 5.41) is 8.58. The maximum absolute atomic E-state index is 10.4. The first-order valence-corrected chi connectivity index (χ1v) is 4.01. The minimum atomic E-state index is -0.805. The SMILES string of the molecule is CC(C(=O)O)C(C)(C)O[SiH3]. The molecular formula is C6H14O3Si. The van der Waals surface area contributed by atoms with E-state index in [1.807, 2.05) is 0 Å². The summed E-state index contributed by atoms with van der Waals surface area (Å²) in [5.74, 6) is -1.24. The second-order valence-electron chi connectivity index (χ2n) is 2.87. The largest absolute Gasteiger partial charge is 0.481 e. The van der Waals surface area contributed by atoms with Crippen molar-refractivity contribution >= 4 is 16.5 Å². The van der Waals surface area contributed by atoms with E-state index < -0.39 is 17.5 Å². The van der Waals surface area contributed by atoms with E-state index in [1.54, 1.807) is 20.8 Å². The molecule has 0 fully saturated rings. The van der Waals surface area contributed by atoms with Crippen LogP contribution in [0.5, 0.6) is 0 Å². The third kappa shape index (κ3) is 2.11. The first-order valence-electron chi connectivity index (χ1n) is 3.19. The minimum absolute atomic E-state index is 0.440. The molecule has 1 unspecified atom stereocenters. The molecule has 0 aliphatic rings. The summed E-state index contributed by atoms with van der Waals surface area (Å²) >= 11 is 0. The molecule has 10 heavy (non-hydrogen) atoms. The Morgan fingerprint density at radius 1 is 1.70 bits per heavy atom. The Labute approximate surface area is 63.9 Å². The van der Waals surface area contributed by atoms with Crippen molar-refractivity contribution in [1.82, 2.24) is 0 Å². The molecule has 0 bridgehead atoms. The standard InChI is InChI=1S/C6H14O3Si/c1-4(5(7)8)6(2,3)9-10/h4H,1-3,10H3,(H,7,8). The van der Waals surface area contributed by atoms with Gasteiger partial charge in [0.15, 0.2) is 0 Å². The van der Waals surface area contributed by atoms with Crippen LogP contribution in [0.1, 0.15) is 20.8 Å². The average molecular weight is 162 g/mol. The van der Waals surface area contributed by atoms with Gasteiger partial charge in [-0.3, -0.25) is 4.79 Å². The Balaban J connectivity index is 4.17. The summed E-state index contributed by atoms with van der Waals surface area (Å²) in [6.45, 7) is 5.23. The summed E-state index contributed by atoms with van der Waals surface area (Å²) < 4.78 is 5.12. The molecule has 0 aromatic rings. The molecule has 0 amide bonds. The normalized spacial score (nSPS) is 15.1. The highest BCUT2D eigenvalue weighted by Gasteiger charge is 2.30. The molecule has 0 spiro atoms. The minimum Gasteiger partial charge on any atom is -0.481 e. The van der Waals surface area contributed by atoms with Crippen LogP contribution in [0.25, 0.3) is 0 Å². The molecule has 0 saturated heterocycles. The van der Waals surface area contributed by atoms with Crippen molar-refractivity contribution in [1.29, 1.82) is 0 Å². The van der Waals surface area contributed by atoms with Gasteiger partial charge in [0, 0.05) is 0 Å². The van der Waals surface area contributed by atoms with E-state index in [0.29, 0.717) is 10.5 Å². The van der Waals surface area contributed by atoms with Gasteiger partial charge in [0.1, 0.15) is 10.5 Å². The number of hydrogen-bond acceptors (Lipinski definition) is 2. The van der Waals surface area contributed by atoms with Crippen LogP contribution in [-0.2, 0) is 9.22 Å². The molecule has 3 nitrogen and oxygen atoms in total. The molecule has 1 N–H and O–H groups in total. The molecule has 0 heterocycles. The van der Waals surface area contributed by atoms with Crippen molar-refractivity contribution < 1.29 is 14.3 Å². The Morgan fingerprint density at radius 2 is 2.10 bits per heavy atom. The van der Waals surface area contributed by atoms with Gasteiger partial charge in [0.05, 0.1) is 11.5 Å². The van der Waals surface area contributed by atoms with E-state index in [1.165, 1.54) is 0 Å². The molecule has 0 radical (unpaired) electrons. The van der Waals surface area contributed by atoms with Crippen LogP contribution in [0.2, 0.25) is 0 Å². The quantitative estimate of drug-likeness (QED) is 0.584. The van der Waals surface area contributed by atoms with Gasteiger partial charge in [0.25, 0.3) is 0 Å². The van der Waals surface area contributed by atoms with Gasteiger partial charge in [-0.15, -0.1) is 0 Å². The van der Waals surface area contributed by atoms with Crippen LogP contribution in [0.4, 0.5) is 0 Å². The van der Waals surface area contributed by atoms with Crippen LogP contribution in [0.3, 0.4) is 0 Å². The highest BCUT2D eigenvalue weighted by Crippen LogP contribution is 2.19. The fourth-order valence-corrected chi connectivity index (χ4v) is 0.828. The Morgan fingerprint density at radius 3 is 2.20 bits per heavy atom. The number of aliphatic carboxylic acids is 1. The maximum Gasteiger partial charge on any atom is 0.309 e. The molecule has 0 rings (SSSR count). The zero-order chi connectivity index (χ0) is 8.36.